The second kappa shape index (κ2) is 53.7. The summed E-state index contributed by atoms with van der Waals surface area (Å²) in [4.78, 5) is 24.4. The van der Waals surface area contributed by atoms with Gasteiger partial charge in [0.1, 0.15) is 0 Å². The molecule has 0 saturated heterocycles. The van der Waals surface area contributed by atoms with E-state index in [0.29, 0.717) is 19.4 Å². The molecule has 0 saturated carbocycles. The standard InChI is InChI=1S/C58H109NO5/c1-3-5-7-9-11-13-15-28-32-36-40-44-48-52-58(63)64-53-49-45-41-37-33-30-27-25-23-21-19-17-16-18-20-22-24-26-29-31-35-39-43-47-51-57(62)59-55(54-60)56(61)50-46-42-38-34-14-12-10-8-6-4-2/h7,9,13,15,46,50,55-56,60-61H,3-6,8,10-12,14,16-45,47-49,51-54H2,1-2H3,(H,59,62)/b9-7-,15-13-,50-46+. The summed E-state index contributed by atoms with van der Waals surface area (Å²) in [6, 6.07) is -0.625. The normalized spacial score (nSPS) is 12.9. The van der Waals surface area contributed by atoms with Crippen LogP contribution in [0.1, 0.15) is 296 Å². The average molecular weight is 901 g/mol. The van der Waals surface area contributed by atoms with Crippen molar-refractivity contribution in [2.45, 2.75) is 309 Å². The Kier molecular flexibility index (Phi) is 52.1. The number of ether oxygens (including phenoxy) is 1. The van der Waals surface area contributed by atoms with Gasteiger partial charge in [0.25, 0.3) is 0 Å². The molecule has 0 aliphatic rings. The molecule has 0 aromatic heterocycles. The monoisotopic (exact) mass is 900 g/mol. The van der Waals surface area contributed by atoms with E-state index in [9.17, 15) is 19.8 Å². The third-order valence-corrected chi connectivity index (χ3v) is 12.9. The fourth-order valence-corrected chi connectivity index (χ4v) is 8.55. The topological polar surface area (TPSA) is 95.9 Å². The molecule has 0 spiro atoms. The number of esters is 1. The van der Waals surface area contributed by atoms with E-state index < -0.39 is 12.1 Å². The Morgan fingerprint density at radius 3 is 1.25 bits per heavy atom. The summed E-state index contributed by atoms with van der Waals surface area (Å²) < 4.78 is 5.46. The predicted octanol–water partition coefficient (Wildman–Crippen LogP) is 17.2. The number of allylic oxidation sites excluding steroid dienone is 5. The number of rotatable bonds is 52. The summed E-state index contributed by atoms with van der Waals surface area (Å²) in [6.07, 6.45) is 66.0. The van der Waals surface area contributed by atoms with Gasteiger partial charge in [-0.1, -0.05) is 262 Å². The van der Waals surface area contributed by atoms with Gasteiger partial charge in [0.15, 0.2) is 0 Å². The van der Waals surface area contributed by atoms with Gasteiger partial charge in [0.2, 0.25) is 5.91 Å². The predicted molar refractivity (Wildman–Crippen MR) is 278 cm³/mol. The highest BCUT2D eigenvalue weighted by Crippen LogP contribution is 2.17. The molecule has 1 amide bonds. The van der Waals surface area contributed by atoms with E-state index in [2.05, 4.69) is 43.5 Å². The zero-order chi connectivity index (χ0) is 46.5. The molecule has 0 rings (SSSR count). The molecule has 2 unspecified atom stereocenters. The molecule has 0 aliphatic heterocycles. The van der Waals surface area contributed by atoms with Crippen LogP contribution in [0.4, 0.5) is 0 Å². The Bertz CT molecular complexity index is 1040. The first-order chi connectivity index (χ1) is 31.5. The Morgan fingerprint density at radius 2 is 0.812 bits per heavy atom. The number of hydrogen-bond acceptors (Lipinski definition) is 5. The van der Waals surface area contributed by atoms with E-state index >= 15 is 0 Å². The highest BCUT2D eigenvalue weighted by Gasteiger charge is 2.18. The molecular formula is C58H109NO5. The number of aliphatic hydroxyl groups excluding tert-OH is 2. The summed E-state index contributed by atoms with van der Waals surface area (Å²) in [6.45, 7) is 4.82. The van der Waals surface area contributed by atoms with Gasteiger partial charge >= 0.3 is 5.97 Å². The van der Waals surface area contributed by atoms with Gasteiger partial charge in [-0.15, -0.1) is 0 Å². The van der Waals surface area contributed by atoms with Crippen LogP contribution in [-0.4, -0.2) is 47.4 Å². The summed E-state index contributed by atoms with van der Waals surface area (Å²) in [7, 11) is 0. The van der Waals surface area contributed by atoms with E-state index in [4.69, 9.17) is 4.74 Å². The van der Waals surface area contributed by atoms with Crippen LogP contribution >= 0.6 is 0 Å². The second-order valence-electron chi connectivity index (χ2n) is 19.3. The van der Waals surface area contributed by atoms with E-state index in [-0.39, 0.29) is 18.5 Å². The number of nitrogens with one attached hydrogen (secondary N) is 1. The highest BCUT2D eigenvalue weighted by molar-refractivity contribution is 5.76. The van der Waals surface area contributed by atoms with Crippen molar-refractivity contribution in [1.29, 1.82) is 0 Å². The number of unbranched alkanes of at least 4 members (excludes halogenated alkanes) is 37. The quantitative estimate of drug-likeness (QED) is 0.0321. The van der Waals surface area contributed by atoms with Crippen LogP contribution in [0, 0.1) is 0 Å². The van der Waals surface area contributed by atoms with Crippen LogP contribution in [0.2, 0.25) is 0 Å². The molecule has 3 N–H and O–H groups in total. The lowest BCUT2D eigenvalue weighted by atomic mass is 10.0. The van der Waals surface area contributed by atoms with Crippen molar-refractivity contribution in [3.63, 3.8) is 0 Å². The average Bonchev–Trinajstić information content (AvgIpc) is 3.29. The first-order valence-electron chi connectivity index (χ1n) is 28.3. The van der Waals surface area contributed by atoms with Crippen molar-refractivity contribution in [2.24, 2.45) is 0 Å². The first kappa shape index (κ1) is 62.1. The maximum absolute atomic E-state index is 12.4. The SMILES string of the molecule is CCC/C=C\C/C=C\CCCCCCCC(=O)OCCCCCCCCCCCCCCCCCCCCCCCCCCC(=O)NC(CO)C(O)/C=C/CCCCCCCCCC. The molecule has 0 aliphatic carbocycles. The molecule has 6 heteroatoms. The summed E-state index contributed by atoms with van der Waals surface area (Å²) in [5.74, 6) is -0.0699. The molecule has 2 atom stereocenters. The largest absolute Gasteiger partial charge is 0.466 e. The fraction of sp³-hybridized carbons (Fsp3) is 0.862. The van der Waals surface area contributed by atoms with Crippen LogP contribution in [-0.2, 0) is 14.3 Å². The van der Waals surface area contributed by atoms with Crippen LogP contribution in [0.3, 0.4) is 0 Å². The van der Waals surface area contributed by atoms with E-state index in [1.807, 2.05) is 6.08 Å². The van der Waals surface area contributed by atoms with Gasteiger partial charge in [-0.3, -0.25) is 9.59 Å². The Hall–Kier alpha value is -1.92. The third kappa shape index (κ3) is 49.5. The molecule has 0 aromatic rings. The molecule has 0 heterocycles. The molecular weight excluding hydrogens is 791 g/mol. The van der Waals surface area contributed by atoms with Gasteiger partial charge in [-0.05, 0) is 57.8 Å². The lowest BCUT2D eigenvalue weighted by molar-refractivity contribution is -0.143. The lowest BCUT2D eigenvalue weighted by Crippen LogP contribution is -2.45. The van der Waals surface area contributed by atoms with Crippen molar-refractivity contribution in [3.05, 3.63) is 36.5 Å². The number of aliphatic hydroxyl groups is 2. The third-order valence-electron chi connectivity index (χ3n) is 12.9. The van der Waals surface area contributed by atoms with Crippen molar-refractivity contribution in [2.75, 3.05) is 13.2 Å². The summed E-state index contributed by atoms with van der Waals surface area (Å²) >= 11 is 0. The van der Waals surface area contributed by atoms with Gasteiger partial charge in [0, 0.05) is 12.8 Å². The number of carbonyl (C=O) groups excluding carboxylic acids is 2. The Labute approximate surface area is 398 Å². The van der Waals surface area contributed by atoms with E-state index in [1.54, 1.807) is 6.08 Å². The minimum atomic E-state index is -0.842. The fourth-order valence-electron chi connectivity index (χ4n) is 8.55. The van der Waals surface area contributed by atoms with Gasteiger partial charge in [0.05, 0.1) is 25.4 Å². The van der Waals surface area contributed by atoms with Crippen molar-refractivity contribution in [1.82, 2.24) is 5.32 Å². The molecule has 0 radical (unpaired) electrons. The van der Waals surface area contributed by atoms with Crippen molar-refractivity contribution < 1.29 is 24.5 Å². The Balaban J connectivity index is 3.37. The maximum Gasteiger partial charge on any atom is 0.305 e. The molecule has 0 bridgehead atoms. The molecule has 376 valence electrons. The minimum absolute atomic E-state index is 0.000933. The summed E-state index contributed by atoms with van der Waals surface area (Å²) in [5.41, 5.74) is 0. The van der Waals surface area contributed by atoms with Crippen LogP contribution in [0.15, 0.2) is 36.5 Å². The van der Waals surface area contributed by atoms with E-state index in [0.717, 1.165) is 51.4 Å². The van der Waals surface area contributed by atoms with Gasteiger partial charge < -0.3 is 20.3 Å². The molecule has 0 fully saturated rings. The van der Waals surface area contributed by atoms with Gasteiger partial charge in [-0.25, -0.2) is 0 Å². The smallest absolute Gasteiger partial charge is 0.305 e. The number of hydrogen-bond donors (Lipinski definition) is 3. The summed E-state index contributed by atoms with van der Waals surface area (Å²) in [5, 5.41) is 23.0. The van der Waals surface area contributed by atoms with Crippen LogP contribution in [0.5, 0.6) is 0 Å². The van der Waals surface area contributed by atoms with Crippen LogP contribution < -0.4 is 5.32 Å². The zero-order valence-electron chi connectivity index (χ0n) is 42.8. The maximum atomic E-state index is 12.4. The van der Waals surface area contributed by atoms with Crippen molar-refractivity contribution >= 4 is 11.9 Å². The van der Waals surface area contributed by atoms with Gasteiger partial charge in [-0.2, -0.15) is 0 Å². The molecule has 64 heavy (non-hydrogen) atoms. The first-order valence-corrected chi connectivity index (χ1v) is 28.3. The second-order valence-corrected chi connectivity index (χ2v) is 19.3. The van der Waals surface area contributed by atoms with Crippen LogP contribution in [0.25, 0.3) is 0 Å². The number of amides is 1. The highest BCUT2D eigenvalue weighted by atomic mass is 16.5. The zero-order valence-corrected chi connectivity index (χ0v) is 42.8. The lowest BCUT2D eigenvalue weighted by Gasteiger charge is -2.20. The number of carbonyl (C=O) groups is 2. The Morgan fingerprint density at radius 1 is 0.438 bits per heavy atom. The van der Waals surface area contributed by atoms with E-state index in [1.165, 1.54) is 218 Å². The minimum Gasteiger partial charge on any atom is -0.466 e. The molecule has 0 aromatic carbocycles. The molecule has 6 nitrogen and oxygen atoms in total. The van der Waals surface area contributed by atoms with Crippen molar-refractivity contribution in [3.8, 4) is 0 Å².